The molecular formula is C43H32N2. The van der Waals surface area contributed by atoms with E-state index in [0.29, 0.717) is 0 Å². The molecule has 0 amide bonds. The third-order valence-corrected chi connectivity index (χ3v) is 9.57. The highest BCUT2D eigenvalue weighted by molar-refractivity contribution is 6.28. The van der Waals surface area contributed by atoms with Gasteiger partial charge in [0.05, 0.1) is 11.0 Å². The summed E-state index contributed by atoms with van der Waals surface area (Å²) in [6.07, 6.45) is 3.79. The number of para-hydroxylation sites is 2. The largest absolute Gasteiger partial charge is 0.309 e. The minimum absolute atomic E-state index is 0.0745. The summed E-state index contributed by atoms with van der Waals surface area (Å²) < 4.78 is 2.40. The summed E-state index contributed by atoms with van der Waals surface area (Å²) in [5, 5.41) is 10.4. The molecule has 214 valence electrons. The lowest BCUT2D eigenvalue weighted by Gasteiger charge is -2.23. The van der Waals surface area contributed by atoms with E-state index in [1.807, 2.05) is 12.4 Å². The van der Waals surface area contributed by atoms with Crippen LogP contribution in [0.2, 0.25) is 0 Å². The van der Waals surface area contributed by atoms with Crippen LogP contribution < -0.4 is 0 Å². The molecule has 0 radical (unpaired) electrons. The molecule has 0 unspecified atom stereocenters. The number of nitrogens with zero attached hydrogens (tertiary/aromatic N) is 2. The van der Waals surface area contributed by atoms with Gasteiger partial charge in [-0.3, -0.25) is 4.98 Å². The quantitative estimate of drug-likeness (QED) is 0.191. The van der Waals surface area contributed by atoms with E-state index in [2.05, 4.69) is 158 Å². The van der Waals surface area contributed by atoms with Gasteiger partial charge in [0, 0.05) is 28.9 Å². The fourth-order valence-electron chi connectivity index (χ4n) is 7.37. The van der Waals surface area contributed by atoms with E-state index in [9.17, 15) is 0 Å². The summed E-state index contributed by atoms with van der Waals surface area (Å²) in [7, 11) is 0. The SMILES string of the molecule is CC(C)(C)c1cc2ccc3c(-c4ccncc4)cc(-c4cccc(-n5c6ccccc6c6ccccc65)c4)c4ccc(c1)c2c34. The smallest absolute Gasteiger partial charge is 0.0541 e. The van der Waals surface area contributed by atoms with Crippen LogP contribution in [0, 0.1) is 0 Å². The van der Waals surface area contributed by atoms with Gasteiger partial charge in [0.1, 0.15) is 0 Å². The molecule has 9 rings (SSSR count). The van der Waals surface area contributed by atoms with Crippen molar-refractivity contribution in [1.82, 2.24) is 9.55 Å². The van der Waals surface area contributed by atoms with Crippen molar-refractivity contribution in [3.05, 3.63) is 145 Å². The van der Waals surface area contributed by atoms with Crippen LogP contribution in [0.15, 0.2) is 140 Å². The van der Waals surface area contributed by atoms with E-state index in [0.717, 1.165) is 5.69 Å². The molecule has 7 aromatic carbocycles. The minimum atomic E-state index is 0.0745. The molecule has 0 aliphatic carbocycles. The van der Waals surface area contributed by atoms with Gasteiger partial charge in [-0.15, -0.1) is 0 Å². The van der Waals surface area contributed by atoms with Crippen LogP contribution in [0.4, 0.5) is 0 Å². The van der Waals surface area contributed by atoms with Gasteiger partial charge in [0.15, 0.2) is 0 Å². The molecule has 0 saturated heterocycles. The summed E-state index contributed by atoms with van der Waals surface area (Å²) >= 11 is 0. The Labute approximate surface area is 262 Å². The van der Waals surface area contributed by atoms with Gasteiger partial charge >= 0.3 is 0 Å². The van der Waals surface area contributed by atoms with Crippen molar-refractivity contribution < 1.29 is 0 Å². The van der Waals surface area contributed by atoms with Crippen molar-refractivity contribution in [3.63, 3.8) is 0 Å². The zero-order valence-corrected chi connectivity index (χ0v) is 25.7. The predicted octanol–water partition coefficient (Wildman–Crippen LogP) is 11.7. The first-order valence-electron chi connectivity index (χ1n) is 15.7. The Balaban J connectivity index is 1.36. The first-order valence-corrected chi connectivity index (χ1v) is 15.7. The number of fused-ring (bicyclic) bond motifs is 3. The van der Waals surface area contributed by atoms with E-state index in [-0.39, 0.29) is 5.41 Å². The van der Waals surface area contributed by atoms with Crippen LogP contribution in [0.1, 0.15) is 26.3 Å². The first kappa shape index (κ1) is 26.0. The summed E-state index contributed by atoms with van der Waals surface area (Å²) in [6, 6.07) is 47.2. The maximum atomic E-state index is 4.33. The van der Waals surface area contributed by atoms with E-state index in [1.165, 1.54) is 81.9 Å². The Hall–Kier alpha value is -5.47. The second kappa shape index (κ2) is 9.51. The van der Waals surface area contributed by atoms with Gasteiger partial charge in [0.2, 0.25) is 0 Å². The lowest BCUT2D eigenvalue weighted by molar-refractivity contribution is 0.591. The zero-order chi connectivity index (χ0) is 30.3. The van der Waals surface area contributed by atoms with Gasteiger partial charge in [0.25, 0.3) is 0 Å². The topological polar surface area (TPSA) is 17.8 Å². The second-order valence-corrected chi connectivity index (χ2v) is 13.3. The molecular weight excluding hydrogens is 544 g/mol. The van der Waals surface area contributed by atoms with E-state index in [1.54, 1.807) is 0 Å². The molecule has 0 saturated carbocycles. The summed E-state index contributed by atoms with van der Waals surface area (Å²) in [4.78, 5) is 4.33. The molecule has 45 heavy (non-hydrogen) atoms. The number of hydrogen-bond acceptors (Lipinski definition) is 1. The third kappa shape index (κ3) is 3.92. The molecule has 2 heterocycles. The van der Waals surface area contributed by atoms with Crippen LogP contribution in [0.25, 0.3) is 82.1 Å². The van der Waals surface area contributed by atoms with E-state index < -0.39 is 0 Å². The minimum Gasteiger partial charge on any atom is -0.309 e. The molecule has 2 heteroatoms. The molecule has 0 fully saturated rings. The normalized spacial score (nSPS) is 12.3. The monoisotopic (exact) mass is 576 g/mol. The lowest BCUT2D eigenvalue weighted by atomic mass is 9.81. The third-order valence-electron chi connectivity index (χ3n) is 9.57. The van der Waals surface area contributed by atoms with Crippen LogP contribution in [-0.4, -0.2) is 9.55 Å². The second-order valence-electron chi connectivity index (χ2n) is 13.3. The van der Waals surface area contributed by atoms with Crippen LogP contribution in [0.5, 0.6) is 0 Å². The Morgan fingerprint density at radius 2 is 1.09 bits per heavy atom. The molecule has 2 nitrogen and oxygen atoms in total. The number of rotatable bonds is 3. The van der Waals surface area contributed by atoms with Gasteiger partial charge in [-0.2, -0.15) is 0 Å². The Kier molecular flexibility index (Phi) is 5.49. The van der Waals surface area contributed by atoms with Gasteiger partial charge in [-0.1, -0.05) is 106 Å². The molecule has 0 atom stereocenters. The van der Waals surface area contributed by atoms with Crippen molar-refractivity contribution >= 4 is 54.1 Å². The highest BCUT2D eigenvalue weighted by Gasteiger charge is 2.20. The van der Waals surface area contributed by atoms with Crippen molar-refractivity contribution in [1.29, 1.82) is 0 Å². The number of aromatic nitrogens is 2. The molecule has 0 N–H and O–H groups in total. The number of hydrogen-bond donors (Lipinski definition) is 0. The zero-order valence-electron chi connectivity index (χ0n) is 25.7. The van der Waals surface area contributed by atoms with E-state index in [4.69, 9.17) is 0 Å². The Morgan fingerprint density at radius 3 is 1.71 bits per heavy atom. The number of benzene rings is 7. The predicted molar refractivity (Wildman–Crippen MR) is 192 cm³/mol. The average Bonchev–Trinajstić information content (AvgIpc) is 3.41. The Bertz CT molecular complexity index is 2490. The van der Waals surface area contributed by atoms with Gasteiger partial charge in [-0.05, 0) is 108 Å². The molecule has 0 aliphatic rings. The summed E-state index contributed by atoms with van der Waals surface area (Å²) in [5.74, 6) is 0. The average molecular weight is 577 g/mol. The molecule has 2 aromatic heterocycles. The fourth-order valence-corrected chi connectivity index (χ4v) is 7.37. The highest BCUT2D eigenvalue weighted by Crippen LogP contribution is 2.45. The maximum absolute atomic E-state index is 4.33. The van der Waals surface area contributed by atoms with Gasteiger partial charge < -0.3 is 4.57 Å². The van der Waals surface area contributed by atoms with Crippen LogP contribution in [-0.2, 0) is 5.41 Å². The fraction of sp³-hybridized carbons (Fsp3) is 0.0930. The molecule has 9 aromatic rings. The molecule has 0 spiro atoms. The first-order chi connectivity index (χ1) is 22.0. The lowest BCUT2D eigenvalue weighted by Crippen LogP contribution is -2.10. The van der Waals surface area contributed by atoms with Crippen molar-refractivity contribution in [2.75, 3.05) is 0 Å². The molecule has 0 aliphatic heterocycles. The van der Waals surface area contributed by atoms with Crippen LogP contribution in [0.3, 0.4) is 0 Å². The van der Waals surface area contributed by atoms with Crippen molar-refractivity contribution in [2.24, 2.45) is 0 Å². The number of pyridine rings is 1. The Morgan fingerprint density at radius 1 is 0.489 bits per heavy atom. The summed E-state index contributed by atoms with van der Waals surface area (Å²) in [5.41, 5.74) is 9.90. The molecule has 0 bridgehead atoms. The van der Waals surface area contributed by atoms with Gasteiger partial charge in [-0.25, -0.2) is 0 Å². The summed E-state index contributed by atoms with van der Waals surface area (Å²) in [6.45, 7) is 6.89. The van der Waals surface area contributed by atoms with Crippen molar-refractivity contribution in [3.8, 4) is 27.9 Å². The van der Waals surface area contributed by atoms with E-state index >= 15 is 0 Å². The van der Waals surface area contributed by atoms with Crippen LogP contribution >= 0.6 is 0 Å². The maximum Gasteiger partial charge on any atom is 0.0541 e. The highest BCUT2D eigenvalue weighted by atomic mass is 15.0. The van der Waals surface area contributed by atoms with Crippen molar-refractivity contribution in [2.45, 2.75) is 26.2 Å². The standard InChI is InChI=1S/C43H32N2/c1-43(2,3)31-23-29-15-17-35-37(27-19-21-44-22-20-27)26-38(36-18-16-30(24-31)41(29)42(35)36)28-9-8-10-32(25-28)45-39-13-6-4-11-33(39)34-12-5-7-14-40(34)45/h4-26H,1-3H3.